The first-order chi connectivity index (χ1) is 7.58. The van der Waals surface area contributed by atoms with Gasteiger partial charge in [0.05, 0.1) is 6.20 Å². The van der Waals surface area contributed by atoms with E-state index in [0.29, 0.717) is 6.07 Å². The van der Waals surface area contributed by atoms with Gasteiger partial charge in [0.25, 0.3) is 5.89 Å². The molecule has 0 spiro atoms. The summed E-state index contributed by atoms with van der Waals surface area (Å²) in [5, 5.41) is 13.5. The summed E-state index contributed by atoms with van der Waals surface area (Å²) in [6.45, 7) is 0. The fourth-order valence-electron chi connectivity index (χ4n) is 0.982. The number of pyridine rings is 1. The second-order valence-electron chi connectivity index (χ2n) is 2.69. The molecule has 2 heterocycles. The van der Waals surface area contributed by atoms with Gasteiger partial charge in [0.15, 0.2) is 5.82 Å². The fourth-order valence-corrected chi connectivity index (χ4v) is 0.982. The van der Waals surface area contributed by atoms with E-state index in [-0.39, 0.29) is 18.9 Å². The molecule has 0 aliphatic rings. The first kappa shape index (κ1) is 13.3. The van der Waals surface area contributed by atoms with Crippen molar-refractivity contribution in [2.24, 2.45) is 0 Å². The van der Waals surface area contributed by atoms with Gasteiger partial charge in [-0.2, -0.15) is 4.98 Å². The number of carbonyl (C=O) groups is 1. The maximum atomic E-state index is 13.2. The van der Waals surface area contributed by atoms with Crippen LogP contribution in [0.1, 0.15) is 10.7 Å². The predicted octanol–water partition coefficient (Wildman–Crippen LogP) is -3.22. The van der Waals surface area contributed by atoms with Gasteiger partial charge in [0.1, 0.15) is 17.5 Å². The minimum Gasteiger partial charge on any atom is -0.540 e. The van der Waals surface area contributed by atoms with Gasteiger partial charge in [-0.25, -0.2) is 13.8 Å². The van der Waals surface area contributed by atoms with Crippen LogP contribution < -0.4 is 24.0 Å². The van der Waals surface area contributed by atoms with Gasteiger partial charge in [-0.05, 0) is 0 Å². The van der Waals surface area contributed by atoms with E-state index in [1.165, 1.54) is 0 Å². The van der Waals surface area contributed by atoms with Crippen LogP contribution in [0.3, 0.4) is 0 Å². The Kier molecular flexibility index (Phi) is 3.93. The van der Waals surface area contributed by atoms with E-state index < -0.39 is 35.0 Å². The minimum absolute atomic E-state index is 0. The Morgan fingerprint density at radius 3 is 2.65 bits per heavy atom. The second-order valence-corrected chi connectivity index (χ2v) is 2.69. The van der Waals surface area contributed by atoms with Crippen LogP contribution in [-0.2, 0) is 0 Å². The molecule has 0 saturated carbocycles. The molecule has 0 aromatic carbocycles. The van der Waals surface area contributed by atoms with Crippen LogP contribution >= 0.6 is 0 Å². The number of carboxylic acid groups (broad SMARTS) is 1. The third-order valence-electron chi connectivity index (χ3n) is 1.62. The number of carboxylic acids is 1. The summed E-state index contributed by atoms with van der Waals surface area (Å²) >= 11 is 0. The summed E-state index contributed by atoms with van der Waals surface area (Å²) in [7, 11) is 0. The van der Waals surface area contributed by atoms with E-state index >= 15 is 0 Å². The quantitative estimate of drug-likeness (QED) is 0.506. The zero-order chi connectivity index (χ0) is 11.7. The van der Waals surface area contributed by atoms with E-state index in [2.05, 4.69) is 19.6 Å². The molecule has 0 fully saturated rings. The zero-order valence-corrected chi connectivity index (χ0v) is 8.48. The molecule has 2 rings (SSSR count). The smallest absolute Gasteiger partial charge is 0.540 e. The summed E-state index contributed by atoms with van der Waals surface area (Å²) in [4.78, 5) is 17.0. The maximum Gasteiger partial charge on any atom is 1.00 e. The van der Waals surface area contributed by atoms with Crippen LogP contribution in [0.25, 0.3) is 11.5 Å². The number of halogens is 2. The third-order valence-corrected chi connectivity index (χ3v) is 1.62. The molecule has 6 nitrogen and oxygen atoms in total. The van der Waals surface area contributed by atoms with Gasteiger partial charge in [-0.3, -0.25) is 0 Å². The molecule has 2 aromatic heterocycles. The molecule has 0 unspecified atom stereocenters. The Morgan fingerprint density at radius 1 is 1.41 bits per heavy atom. The Hall–Kier alpha value is -1.78. The predicted molar refractivity (Wildman–Crippen MR) is 41.8 cm³/mol. The minimum atomic E-state index is -1.69. The van der Waals surface area contributed by atoms with E-state index in [9.17, 15) is 18.7 Å². The Labute approximate surface area is 105 Å². The van der Waals surface area contributed by atoms with Crippen LogP contribution in [0.4, 0.5) is 8.78 Å². The second kappa shape index (κ2) is 5.03. The van der Waals surface area contributed by atoms with Gasteiger partial charge in [-0.15, -0.1) is 0 Å². The van der Waals surface area contributed by atoms with Crippen molar-refractivity contribution in [3.8, 4) is 11.5 Å². The van der Waals surface area contributed by atoms with Crippen molar-refractivity contribution in [1.29, 1.82) is 0 Å². The Balaban J connectivity index is 0.00000144. The van der Waals surface area contributed by atoms with Crippen molar-refractivity contribution in [1.82, 2.24) is 15.1 Å². The van der Waals surface area contributed by atoms with Crippen LogP contribution in [-0.4, -0.2) is 21.1 Å². The van der Waals surface area contributed by atoms with Crippen molar-refractivity contribution in [3.05, 3.63) is 29.8 Å². The van der Waals surface area contributed by atoms with Crippen LogP contribution in [0.2, 0.25) is 0 Å². The third kappa shape index (κ3) is 2.67. The summed E-state index contributed by atoms with van der Waals surface area (Å²) in [5.41, 5.74) is -0.405. The van der Waals surface area contributed by atoms with Gasteiger partial charge >= 0.3 is 18.9 Å². The van der Waals surface area contributed by atoms with E-state index in [0.717, 1.165) is 6.20 Å². The molecule has 0 atom stereocenters. The molecule has 0 N–H and O–H groups in total. The SMILES string of the molecule is O=C([O-])c1nc(-c2ncc(F)cc2F)no1.[Li+]. The summed E-state index contributed by atoms with van der Waals surface area (Å²) in [6.07, 6.45) is 0.744. The van der Waals surface area contributed by atoms with Crippen molar-refractivity contribution in [2.75, 3.05) is 0 Å². The molecule has 2 aromatic rings. The topological polar surface area (TPSA) is 91.9 Å². The fraction of sp³-hybridized carbons (Fsp3) is 0. The first-order valence-corrected chi connectivity index (χ1v) is 3.94. The molecule has 0 aliphatic carbocycles. The van der Waals surface area contributed by atoms with Crippen molar-refractivity contribution in [3.63, 3.8) is 0 Å². The average Bonchev–Trinajstić information content (AvgIpc) is 2.66. The molecule has 9 heteroatoms. The number of hydrogen-bond acceptors (Lipinski definition) is 6. The number of nitrogens with zero attached hydrogens (tertiary/aromatic N) is 3. The van der Waals surface area contributed by atoms with E-state index in [4.69, 9.17) is 0 Å². The molecule has 0 bridgehead atoms. The monoisotopic (exact) mass is 233 g/mol. The zero-order valence-electron chi connectivity index (χ0n) is 8.48. The molecule has 0 aliphatic heterocycles. The number of hydrogen-bond donors (Lipinski definition) is 0. The van der Waals surface area contributed by atoms with Crippen molar-refractivity contribution < 1.29 is 42.1 Å². The molecule has 0 saturated heterocycles. The number of carbonyl (C=O) groups excluding carboxylic acids is 1. The normalized spacial score (nSPS) is 9.76. The van der Waals surface area contributed by atoms with Gasteiger partial charge in [0, 0.05) is 6.07 Å². The molecule has 0 radical (unpaired) electrons. The summed E-state index contributed by atoms with van der Waals surface area (Å²) in [5.74, 6) is -4.78. The van der Waals surface area contributed by atoms with Gasteiger partial charge in [0.2, 0.25) is 5.82 Å². The van der Waals surface area contributed by atoms with Crippen LogP contribution in [0.5, 0.6) is 0 Å². The van der Waals surface area contributed by atoms with Crippen LogP contribution in [0.15, 0.2) is 16.8 Å². The van der Waals surface area contributed by atoms with Gasteiger partial charge < -0.3 is 14.4 Å². The molecule has 82 valence electrons. The number of rotatable bonds is 2. The summed E-state index contributed by atoms with van der Waals surface area (Å²) < 4.78 is 29.9. The van der Waals surface area contributed by atoms with Crippen molar-refractivity contribution in [2.45, 2.75) is 0 Å². The van der Waals surface area contributed by atoms with Crippen molar-refractivity contribution >= 4 is 5.97 Å². The summed E-state index contributed by atoms with van der Waals surface area (Å²) in [6, 6.07) is 0.567. The molecule has 17 heavy (non-hydrogen) atoms. The number of aromatic carboxylic acids is 1. The van der Waals surface area contributed by atoms with E-state index in [1.807, 2.05) is 0 Å². The number of aromatic nitrogens is 3. The molecule has 0 amide bonds. The van der Waals surface area contributed by atoms with Crippen LogP contribution in [0, 0.1) is 11.6 Å². The van der Waals surface area contributed by atoms with Gasteiger partial charge in [-0.1, -0.05) is 5.16 Å². The molecular formula is C8H2F2LiN3O3. The average molecular weight is 233 g/mol. The Morgan fingerprint density at radius 2 is 2.12 bits per heavy atom. The maximum absolute atomic E-state index is 13.2. The Bertz CT molecular complexity index is 561. The van der Waals surface area contributed by atoms with E-state index in [1.54, 1.807) is 0 Å². The molecular weight excluding hydrogens is 231 g/mol. The largest absolute Gasteiger partial charge is 1.00 e. The standard InChI is InChI=1S/C8H3F2N3O3.Li/c9-3-1-4(10)5(11-2-3)6-12-7(8(14)15)16-13-6;/h1-2H,(H,14,15);/q;+1/p-1. The first-order valence-electron chi connectivity index (χ1n) is 3.94.